The Hall–Kier alpha value is -3.34. The Morgan fingerprint density at radius 2 is 1.21 bits per heavy atom. The molecular formula is C31H59N9O7. The first kappa shape index (κ1) is 41.7. The summed E-state index contributed by atoms with van der Waals surface area (Å²) in [6.45, 7) is 6.49. The van der Waals surface area contributed by atoms with Crippen molar-refractivity contribution in [1.29, 1.82) is 0 Å². The average Bonchev–Trinajstić information content (AvgIpc) is 3.52. The number of carboxylic acid groups (broad SMARTS) is 1. The molecule has 6 unspecified atom stereocenters. The summed E-state index contributed by atoms with van der Waals surface area (Å²) in [6, 6.07) is -5.84. The number of carbonyl (C=O) groups excluding carboxylic acids is 5. The number of unbranched alkanes of at least 4 members (excludes halogenated alkanes) is 3. The maximum absolute atomic E-state index is 13.9. The second kappa shape index (κ2) is 22.3. The van der Waals surface area contributed by atoms with Crippen molar-refractivity contribution >= 4 is 35.5 Å². The summed E-state index contributed by atoms with van der Waals surface area (Å²) in [6.07, 6.45) is 4.93. The van der Waals surface area contributed by atoms with Crippen LogP contribution < -0.4 is 44.2 Å². The van der Waals surface area contributed by atoms with Crippen molar-refractivity contribution in [3.8, 4) is 0 Å². The topological polar surface area (TPSA) is 278 Å². The van der Waals surface area contributed by atoms with Gasteiger partial charge in [-0.2, -0.15) is 0 Å². The fraction of sp³-hybridized carbons (Fsp3) is 0.806. The third-order valence-electron chi connectivity index (χ3n) is 8.31. The number of rotatable bonds is 23. The Morgan fingerprint density at radius 1 is 0.702 bits per heavy atom. The Balaban J connectivity index is 3.11. The zero-order valence-corrected chi connectivity index (χ0v) is 28.3. The average molecular weight is 670 g/mol. The van der Waals surface area contributed by atoms with Crippen molar-refractivity contribution in [2.75, 3.05) is 26.2 Å². The zero-order chi connectivity index (χ0) is 35.5. The van der Waals surface area contributed by atoms with Gasteiger partial charge in [-0.3, -0.25) is 24.0 Å². The SMILES string of the molecule is CC(NC(=O)C(N)C(C)C)C(=O)NC(CCCCN)C(=O)NC(CCCCN)C(=O)N1CCCC1C(=O)NC(CCCCN)C(=O)O. The molecule has 0 spiro atoms. The minimum atomic E-state index is -1.17. The van der Waals surface area contributed by atoms with E-state index in [9.17, 15) is 33.9 Å². The summed E-state index contributed by atoms with van der Waals surface area (Å²) in [5.41, 5.74) is 22.7. The second-order valence-electron chi connectivity index (χ2n) is 12.6. The summed E-state index contributed by atoms with van der Waals surface area (Å²) >= 11 is 0. The quantitative estimate of drug-likeness (QED) is 0.0558. The predicted molar refractivity (Wildman–Crippen MR) is 177 cm³/mol. The normalized spacial score (nSPS) is 17.7. The molecule has 0 aromatic carbocycles. The monoisotopic (exact) mass is 669 g/mol. The van der Waals surface area contributed by atoms with Crippen molar-refractivity contribution in [3.05, 3.63) is 0 Å². The van der Waals surface area contributed by atoms with E-state index in [2.05, 4.69) is 21.3 Å². The molecule has 1 aliphatic heterocycles. The smallest absolute Gasteiger partial charge is 0.326 e. The first-order valence-corrected chi connectivity index (χ1v) is 16.9. The number of hydrogen-bond donors (Lipinski definition) is 9. The number of hydrogen-bond acceptors (Lipinski definition) is 10. The largest absolute Gasteiger partial charge is 0.480 e. The zero-order valence-electron chi connectivity index (χ0n) is 28.3. The summed E-state index contributed by atoms with van der Waals surface area (Å²) in [5.74, 6) is -4.03. The van der Waals surface area contributed by atoms with Crippen LogP contribution in [-0.2, 0) is 28.8 Å². The molecule has 5 amide bonds. The highest BCUT2D eigenvalue weighted by atomic mass is 16.4. The number of nitrogens with two attached hydrogens (primary N) is 4. The van der Waals surface area contributed by atoms with E-state index in [4.69, 9.17) is 22.9 Å². The molecule has 0 bridgehead atoms. The van der Waals surface area contributed by atoms with E-state index in [1.54, 1.807) is 13.8 Å². The van der Waals surface area contributed by atoms with Gasteiger partial charge < -0.3 is 54.2 Å². The molecule has 0 aromatic heterocycles. The van der Waals surface area contributed by atoms with Crippen molar-refractivity contribution in [1.82, 2.24) is 26.2 Å². The molecule has 1 rings (SSSR count). The van der Waals surface area contributed by atoms with Gasteiger partial charge in [0.05, 0.1) is 6.04 Å². The lowest BCUT2D eigenvalue weighted by Crippen LogP contribution is -2.59. The van der Waals surface area contributed by atoms with Crippen LogP contribution in [-0.4, -0.2) is 108 Å². The standard InChI is InChI=1S/C31H59N9O7/c1-19(2)25(35)29(44)36-20(3)26(41)37-21(11-4-7-15-32)27(42)38-22(12-5-8-16-33)30(45)40-18-10-14-24(40)28(43)39-23(31(46)47)13-6-9-17-34/h19-25H,4-18,32-35H2,1-3H3,(H,36,44)(H,37,41)(H,38,42)(H,39,43)(H,46,47). The Kier molecular flexibility index (Phi) is 19.8. The Morgan fingerprint density at radius 3 is 1.72 bits per heavy atom. The summed E-state index contributed by atoms with van der Waals surface area (Å²) in [7, 11) is 0. The number of aliphatic carboxylic acids is 1. The third kappa shape index (κ3) is 14.5. The first-order valence-electron chi connectivity index (χ1n) is 16.9. The molecule has 1 aliphatic rings. The molecule has 0 aromatic rings. The summed E-state index contributed by atoms with van der Waals surface area (Å²) < 4.78 is 0. The lowest BCUT2D eigenvalue weighted by atomic mass is 10.0. The second-order valence-corrected chi connectivity index (χ2v) is 12.6. The van der Waals surface area contributed by atoms with Crippen LogP contribution >= 0.6 is 0 Å². The number of carbonyl (C=O) groups is 6. The lowest BCUT2D eigenvalue weighted by molar-refractivity contribution is -0.145. The molecule has 16 heteroatoms. The minimum absolute atomic E-state index is 0.144. The molecule has 270 valence electrons. The highest BCUT2D eigenvalue weighted by molar-refractivity contribution is 5.96. The van der Waals surface area contributed by atoms with Crippen LogP contribution in [0, 0.1) is 5.92 Å². The first-order chi connectivity index (χ1) is 22.3. The molecule has 1 fully saturated rings. The molecule has 47 heavy (non-hydrogen) atoms. The van der Waals surface area contributed by atoms with Crippen molar-refractivity contribution < 1.29 is 33.9 Å². The van der Waals surface area contributed by atoms with Gasteiger partial charge in [-0.05, 0) is 103 Å². The molecule has 1 heterocycles. The van der Waals surface area contributed by atoms with E-state index >= 15 is 0 Å². The van der Waals surface area contributed by atoms with Crippen LogP contribution in [0.1, 0.15) is 91.4 Å². The van der Waals surface area contributed by atoms with Crippen LogP contribution in [0.5, 0.6) is 0 Å². The predicted octanol–water partition coefficient (Wildman–Crippen LogP) is -1.61. The van der Waals surface area contributed by atoms with Gasteiger partial charge in [0.2, 0.25) is 29.5 Å². The van der Waals surface area contributed by atoms with Crippen LogP contribution in [0.25, 0.3) is 0 Å². The minimum Gasteiger partial charge on any atom is -0.480 e. The molecule has 1 saturated heterocycles. The van der Waals surface area contributed by atoms with Crippen molar-refractivity contribution in [2.45, 2.75) is 128 Å². The molecule has 16 nitrogen and oxygen atoms in total. The van der Waals surface area contributed by atoms with Crippen molar-refractivity contribution in [2.24, 2.45) is 28.9 Å². The molecular weight excluding hydrogens is 610 g/mol. The molecule has 6 atom stereocenters. The van der Waals surface area contributed by atoms with Crippen LogP contribution in [0.4, 0.5) is 0 Å². The summed E-state index contributed by atoms with van der Waals surface area (Å²) in [4.78, 5) is 79.3. The maximum Gasteiger partial charge on any atom is 0.326 e. The number of amides is 5. The number of nitrogens with one attached hydrogen (secondary N) is 4. The Labute approximate surface area is 278 Å². The number of nitrogens with zero attached hydrogens (tertiary/aromatic N) is 1. The van der Waals surface area contributed by atoms with E-state index in [0.29, 0.717) is 71.0 Å². The molecule has 0 aliphatic carbocycles. The Bertz CT molecular complexity index is 1030. The fourth-order valence-electron chi connectivity index (χ4n) is 5.28. The van der Waals surface area contributed by atoms with Crippen LogP contribution in [0.3, 0.4) is 0 Å². The lowest BCUT2D eigenvalue weighted by Gasteiger charge is -2.30. The number of likely N-dealkylation sites (tertiary alicyclic amines) is 1. The summed E-state index contributed by atoms with van der Waals surface area (Å²) in [5, 5.41) is 20.2. The van der Waals surface area contributed by atoms with Gasteiger partial charge in [0.25, 0.3) is 0 Å². The van der Waals surface area contributed by atoms with E-state index in [1.165, 1.54) is 11.8 Å². The van der Waals surface area contributed by atoms with E-state index in [-0.39, 0.29) is 31.7 Å². The number of carboxylic acids is 1. The molecule has 0 saturated carbocycles. The van der Waals surface area contributed by atoms with E-state index < -0.39 is 71.8 Å². The van der Waals surface area contributed by atoms with Gasteiger partial charge in [0, 0.05) is 6.54 Å². The van der Waals surface area contributed by atoms with Gasteiger partial charge in [-0.1, -0.05) is 13.8 Å². The van der Waals surface area contributed by atoms with Gasteiger partial charge in [0.1, 0.15) is 30.2 Å². The highest BCUT2D eigenvalue weighted by Gasteiger charge is 2.39. The highest BCUT2D eigenvalue weighted by Crippen LogP contribution is 2.21. The van der Waals surface area contributed by atoms with Gasteiger partial charge in [-0.15, -0.1) is 0 Å². The molecule has 0 radical (unpaired) electrons. The van der Waals surface area contributed by atoms with Gasteiger partial charge in [-0.25, -0.2) is 4.79 Å². The van der Waals surface area contributed by atoms with E-state index in [1.807, 2.05) is 0 Å². The fourth-order valence-corrected chi connectivity index (χ4v) is 5.28. The third-order valence-corrected chi connectivity index (χ3v) is 8.31. The van der Waals surface area contributed by atoms with Crippen LogP contribution in [0.2, 0.25) is 0 Å². The van der Waals surface area contributed by atoms with E-state index in [0.717, 1.165) is 0 Å². The van der Waals surface area contributed by atoms with Crippen LogP contribution in [0.15, 0.2) is 0 Å². The van der Waals surface area contributed by atoms with Gasteiger partial charge >= 0.3 is 5.97 Å². The maximum atomic E-state index is 13.9. The molecule has 13 N–H and O–H groups in total. The van der Waals surface area contributed by atoms with Gasteiger partial charge in [0.15, 0.2) is 0 Å². The van der Waals surface area contributed by atoms with Crippen molar-refractivity contribution in [3.63, 3.8) is 0 Å².